The summed E-state index contributed by atoms with van der Waals surface area (Å²) in [5, 5.41) is 10.6. The highest BCUT2D eigenvalue weighted by Gasteiger charge is 2.14. The van der Waals surface area contributed by atoms with Crippen molar-refractivity contribution in [1.29, 1.82) is 0 Å². The van der Waals surface area contributed by atoms with E-state index < -0.39 is 10.7 Å². The van der Waals surface area contributed by atoms with Crippen molar-refractivity contribution in [3.8, 4) is 0 Å². The van der Waals surface area contributed by atoms with Gasteiger partial charge in [-0.15, -0.1) is 0 Å². The van der Waals surface area contributed by atoms with E-state index in [1.54, 1.807) is 6.92 Å². The van der Waals surface area contributed by atoms with Crippen molar-refractivity contribution in [2.45, 2.75) is 26.2 Å². The molecule has 1 rings (SSSR count). The Labute approximate surface area is 92.2 Å². The molecule has 16 heavy (non-hydrogen) atoms. The number of nitro benzene ring substituents is 1. The maximum atomic E-state index is 12.9. The number of carbonyl (C=O) groups excluding carboxylic acids is 1. The Morgan fingerprint density at radius 1 is 1.50 bits per heavy atom. The number of nitro groups is 1. The SMILES string of the molecule is CCC(=O)CCc1cc(F)ccc1[N+](=O)[O-]. The number of ketones is 1. The van der Waals surface area contributed by atoms with Gasteiger partial charge in [-0.1, -0.05) is 6.92 Å². The van der Waals surface area contributed by atoms with Crippen LogP contribution in [-0.4, -0.2) is 10.7 Å². The van der Waals surface area contributed by atoms with Crippen molar-refractivity contribution in [3.05, 3.63) is 39.7 Å². The summed E-state index contributed by atoms with van der Waals surface area (Å²) in [5.74, 6) is -0.511. The molecule has 0 unspecified atom stereocenters. The van der Waals surface area contributed by atoms with Gasteiger partial charge in [0, 0.05) is 24.5 Å². The Balaban J connectivity index is 2.88. The van der Waals surface area contributed by atoms with Crippen molar-refractivity contribution in [3.63, 3.8) is 0 Å². The maximum Gasteiger partial charge on any atom is 0.272 e. The number of Topliss-reactive ketones (excluding diaryl/α,β-unsaturated/α-hetero) is 1. The van der Waals surface area contributed by atoms with Crippen LogP contribution in [-0.2, 0) is 11.2 Å². The summed E-state index contributed by atoms with van der Waals surface area (Å²) in [7, 11) is 0. The molecule has 0 aliphatic carbocycles. The number of hydrogen-bond donors (Lipinski definition) is 0. The monoisotopic (exact) mass is 225 g/mol. The predicted molar refractivity (Wildman–Crippen MR) is 56.7 cm³/mol. The minimum absolute atomic E-state index is 0.0126. The van der Waals surface area contributed by atoms with Crippen LogP contribution in [0.15, 0.2) is 18.2 Å². The van der Waals surface area contributed by atoms with Crippen LogP contribution in [0, 0.1) is 15.9 Å². The Morgan fingerprint density at radius 2 is 2.19 bits per heavy atom. The van der Waals surface area contributed by atoms with Crippen LogP contribution in [0.5, 0.6) is 0 Å². The second-order valence-corrected chi connectivity index (χ2v) is 3.42. The Morgan fingerprint density at radius 3 is 2.75 bits per heavy atom. The van der Waals surface area contributed by atoms with Crippen molar-refractivity contribution in [1.82, 2.24) is 0 Å². The van der Waals surface area contributed by atoms with Crippen LogP contribution in [0.25, 0.3) is 0 Å². The molecule has 0 saturated carbocycles. The molecule has 0 bridgehead atoms. The fraction of sp³-hybridized carbons (Fsp3) is 0.364. The molecular formula is C11H12FNO3. The van der Waals surface area contributed by atoms with Gasteiger partial charge in [0.15, 0.2) is 0 Å². The first-order chi connectivity index (χ1) is 7.54. The predicted octanol–water partition coefficient (Wildman–Crippen LogP) is 2.65. The van der Waals surface area contributed by atoms with E-state index in [2.05, 4.69) is 0 Å². The van der Waals surface area contributed by atoms with Crippen LogP contribution in [0.3, 0.4) is 0 Å². The van der Waals surface area contributed by atoms with Crippen molar-refractivity contribution in [2.24, 2.45) is 0 Å². The quantitative estimate of drug-likeness (QED) is 0.571. The molecule has 0 amide bonds. The lowest BCUT2D eigenvalue weighted by Gasteiger charge is -2.02. The summed E-state index contributed by atoms with van der Waals surface area (Å²) in [6.45, 7) is 1.72. The lowest BCUT2D eigenvalue weighted by Crippen LogP contribution is -2.01. The van der Waals surface area contributed by atoms with Gasteiger partial charge in [-0.25, -0.2) is 4.39 Å². The molecule has 4 nitrogen and oxygen atoms in total. The summed E-state index contributed by atoms with van der Waals surface area (Å²) in [6, 6.07) is 3.28. The van der Waals surface area contributed by atoms with Gasteiger partial charge in [0.25, 0.3) is 5.69 Å². The lowest BCUT2D eigenvalue weighted by atomic mass is 10.0. The van der Waals surface area contributed by atoms with Crippen LogP contribution >= 0.6 is 0 Å². The molecule has 1 aromatic rings. The van der Waals surface area contributed by atoms with E-state index in [1.165, 1.54) is 0 Å². The lowest BCUT2D eigenvalue weighted by molar-refractivity contribution is -0.385. The third-order valence-electron chi connectivity index (χ3n) is 2.31. The Kier molecular flexibility index (Phi) is 4.10. The van der Waals surface area contributed by atoms with Crippen LogP contribution in [0.2, 0.25) is 0 Å². The van der Waals surface area contributed by atoms with Crippen LogP contribution in [0.4, 0.5) is 10.1 Å². The Bertz CT molecular complexity index is 418. The largest absolute Gasteiger partial charge is 0.300 e. The molecule has 0 atom stereocenters. The first-order valence-electron chi connectivity index (χ1n) is 4.99. The molecule has 0 aliphatic rings. The van der Waals surface area contributed by atoms with Gasteiger partial charge < -0.3 is 0 Å². The molecule has 0 spiro atoms. The van der Waals surface area contributed by atoms with Crippen molar-refractivity contribution in [2.75, 3.05) is 0 Å². The van der Waals surface area contributed by atoms with Crippen LogP contribution in [0.1, 0.15) is 25.3 Å². The smallest absolute Gasteiger partial charge is 0.272 e. The molecule has 0 radical (unpaired) electrons. The Hall–Kier alpha value is -1.78. The number of benzene rings is 1. The van der Waals surface area contributed by atoms with E-state index in [-0.39, 0.29) is 29.9 Å². The normalized spacial score (nSPS) is 10.1. The molecule has 86 valence electrons. The zero-order valence-electron chi connectivity index (χ0n) is 8.90. The zero-order valence-corrected chi connectivity index (χ0v) is 8.90. The average molecular weight is 225 g/mol. The minimum Gasteiger partial charge on any atom is -0.300 e. The summed E-state index contributed by atoms with van der Waals surface area (Å²) < 4.78 is 12.9. The first kappa shape index (κ1) is 12.3. The number of hydrogen-bond acceptors (Lipinski definition) is 3. The average Bonchev–Trinajstić information content (AvgIpc) is 2.25. The van der Waals surface area contributed by atoms with Gasteiger partial charge in [-0.05, 0) is 18.6 Å². The van der Waals surface area contributed by atoms with Gasteiger partial charge in [-0.3, -0.25) is 14.9 Å². The van der Waals surface area contributed by atoms with E-state index in [4.69, 9.17) is 0 Å². The highest BCUT2D eigenvalue weighted by Crippen LogP contribution is 2.21. The van der Waals surface area contributed by atoms with E-state index in [1.807, 2.05) is 0 Å². The topological polar surface area (TPSA) is 60.2 Å². The van der Waals surface area contributed by atoms with Crippen molar-refractivity contribution < 1.29 is 14.1 Å². The number of aryl methyl sites for hydroxylation is 1. The van der Waals surface area contributed by atoms with Gasteiger partial charge in [0.2, 0.25) is 0 Å². The summed E-state index contributed by atoms with van der Waals surface area (Å²) in [4.78, 5) is 21.2. The minimum atomic E-state index is -0.564. The van der Waals surface area contributed by atoms with E-state index in [0.717, 1.165) is 18.2 Å². The van der Waals surface area contributed by atoms with Gasteiger partial charge in [0.05, 0.1) is 4.92 Å². The second-order valence-electron chi connectivity index (χ2n) is 3.42. The highest BCUT2D eigenvalue weighted by atomic mass is 19.1. The molecule has 0 fully saturated rings. The molecular weight excluding hydrogens is 213 g/mol. The molecule has 1 aromatic carbocycles. The van der Waals surface area contributed by atoms with Crippen molar-refractivity contribution >= 4 is 11.5 Å². The molecule has 0 N–H and O–H groups in total. The number of halogens is 1. The number of nitrogens with zero attached hydrogens (tertiary/aromatic N) is 1. The van der Waals surface area contributed by atoms with E-state index in [9.17, 15) is 19.3 Å². The molecule has 0 aromatic heterocycles. The molecule has 5 heteroatoms. The zero-order chi connectivity index (χ0) is 12.1. The molecule has 0 heterocycles. The first-order valence-corrected chi connectivity index (χ1v) is 4.99. The molecule has 0 aliphatic heterocycles. The van der Waals surface area contributed by atoms with E-state index >= 15 is 0 Å². The maximum absolute atomic E-state index is 12.9. The highest BCUT2D eigenvalue weighted by molar-refractivity contribution is 5.78. The van der Waals surface area contributed by atoms with E-state index in [0.29, 0.717) is 6.42 Å². The second kappa shape index (κ2) is 5.34. The fourth-order valence-corrected chi connectivity index (χ4v) is 1.38. The summed E-state index contributed by atoms with van der Waals surface area (Å²) in [5.41, 5.74) is 0.136. The fourth-order valence-electron chi connectivity index (χ4n) is 1.38. The summed E-state index contributed by atoms with van der Waals surface area (Å²) >= 11 is 0. The van der Waals surface area contributed by atoms with Gasteiger partial charge in [-0.2, -0.15) is 0 Å². The number of carbonyl (C=O) groups is 1. The van der Waals surface area contributed by atoms with Crippen LogP contribution < -0.4 is 0 Å². The summed E-state index contributed by atoms with van der Waals surface area (Å²) in [6.07, 6.45) is 0.810. The molecule has 0 saturated heterocycles. The van der Waals surface area contributed by atoms with Gasteiger partial charge in [0.1, 0.15) is 11.6 Å². The third kappa shape index (κ3) is 3.12. The standard InChI is InChI=1S/C11H12FNO3/c1-2-10(14)5-3-8-7-9(12)4-6-11(8)13(15)16/h4,6-7H,2-3,5H2,1H3. The number of rotatable bonds is 5. The third-order valence-corrected chi connectivity index (χ3v) is 2.31. The van der Waals surface area contributed by atoms with Gasteiger partial charge >= 0.3 is 0 Å².